The third-order valence-corrected chi connectivity index (χ3v) is 3.64. The SMILES string of the molecule is CCc1cccc(-n2c(CCl)nc3c(F)cccc32)c1. The molecule has 0 saturated carbocycles. The van der Waals surface area contributed by atoms with Gasteiger partial charge >= 0.3 is 0 Å². The van der Waals surface area contributed by atoms with Crippen LogP contribution in [0.4, 0.5) is 4.39 Å². The maximum atomic E-state index is 13.9. The maximum absolute atomic E-state index is 13.9. The van der Waals surface area contributed by atoms with Crippen molar-refractivity contribution in [2.45, 2.75) is 19.2 Å². The number of nitrogens with zero attached hydrogens (tertiary/aromatic N) is 2. The van der Waals surface area contributed by atoms with Crippen LogP contribution < -0.4 is 0 Å². The van der Waals surface area contributed by atoms with Crippen LogP contribution in [0.2, 0.25) is 0 Å². The first kappa shape index (κ1) is 13.1. The predicted octanol–water partition coefficient (Wildman–Crippen LogP) is 4.47. The molecular formula is C16H14ClFN2. The molecule has 0 amide bonds. The normalized spacial score (nSPS) is 11.2. The van der Waals surface area contributed by atoms with Crippen LogP contribution in [0.3, 0.4) is 0 Å². The topological polar surface area (TPSA) is 17.8 Å². The zero-order valence-corrected chi connectivity index (χ0v) is 11.9. The van der Waals surface area contributed by atoms with Gasteiger partial charge in [0.2, 0.25) is 0 Å². The summed E-state index contributed by atoms with van der Waals surface area (Å²) >= 11 is 5.97. The number of imidazole rings is 1. The van der Waals surface area contributed by atoms with Crippen molar-refractivity contribution in [3.05, 3.63) is 59.7 Å². The van der Waals surface area contributed by atoms with Crippen molar-refractivity contribution >= 4 is 22.6 Å². The highest BCUT2D eigenvalue weighted by atomic mass is 35.5. The molecule has 1 aromatic heterocycles. The highest BCUT2D eigenvalue weighted by Crippen LogP contribution is 2.25. The second kappa shape index (κ2) is 5.25. The lowest BCUT2D eigenvalue weighted by Gasteiger charge is -2.09. The second-order valence-corrected chi connectivity index (χ2v) is 4.90. The summed E-state index contributed by atoms with van der Waals surface area (Å²) in [5.41, 5.74) is 3.30. The summed E-state index contributed by atoms with van der Waals surface area (Å²) < 4.78 is 15.8. The van der Waals surface area contributed by atoms with Crippen LogP contribution in [0.15, 0.2) is 42.5 Å². The van der Waals surface area contributed by atoms with Crippen molar-refractivity contribution in [1.82, 2.24) is 9.55 Å². The Morgan fingerprint density at radius 3 is 2.75 bits per heavy atom. The van der Waals surface area contributed by atoms with Gasteiger partial charge in [-0.15, -0.1) is 11.6 Å². The first-order valence-corrected chi connectivity index (χ1v) is 7.09. The van der Waals surface area contributed by atoms with Crippen LogP contribution in [0.1, 0.15) is 18.3 Å². The quantitative estimate of drug-likeness (QED) is 0.650. The van der Waals surface area contributed by atoms with Gasteiger partial charge in [-0.3, -0.25) is 4.57 Å². The van der Waals surface area contributed by atoms with Crippen molar-refractivity contribution in [3.8, 4) is 5.69 Å². The van der Waals surface area contributed by atoms with Gasteiger partial charge in [0.05, 0.1) is 11.4 Å². The fraction of sp³-hybridized carbons (Fsp3) is 0.188. The van der Waals surface area contributed by atoms with Crippen LogP contribution >= 0.6 is 11.6 Å². The van der Waals surface area contributed by atoms with Gasteiger partial charge in [0, 0.05) is 5.69 Å². The summed E-state index contributed by atoms with van der Waals surface area (Å²) in [6.45, 7) is 2.10. The van der Waals surface area contributed by atoms with Crippen molar-refractivity contribution in [3.63, 3.8) is 0 Å². The molecule has 20 heavy (non-hydrogen) atoms. The van der Waals surface area contributed by atoms with Gasteiger partial charge in [0.25, 0.3) is 0 Å². The van der Waals surface area contributed by atoms with E-state index in [2.05, 4.69) is 24.0 Å². The Balaban J connectivity index is 2.31. The van der Waals surface area contributed by atoms with E-state index in [0.29, 0.717) is 11.3 Å². The maximum Gasteiger partial charge on any atom is 0.151 e. The Labute approximate surface area is 121 Å². The van der Waals surface area contributed by atoms with Crippen LogP contribution in [-0.4, -0.2) is 9.55 Å². The molecule has 102 valence electrons. The Kier molecular flexibility index (Phi) is 3.45. The van der Waals surface area contributed by atoms with Crippen LogP contribution in [0.25, 0.3) is 16.7 Å². The van der Waals surface area contributed by atoms with E-state index < -0.39 is 0 Å². The van der Waals surface area contributed by atoms with Crippen LogP contribution in [0.5, 0.6) is 0 Å². The van der Waals surface area contributed by atoms with E-state index in [0.717, 1.165) is 17.6 Å². The second-order valence-electron chi connectivity index (χ2n) is 4.63. The third-order valence-electron chi connectivity index (χ3n) is 3.40. The lowest BCUT2D eigenvalue weighted by molar-refractivity contribution is 0.637. The van der Waals surface area contributed by atoms with Crippen LogP contribution in [0, 0.1) is 5.82 Å². The van der Waals surface area contributed by atoms with Gasteiger partial charge in [-0.2, -0.15) is 0 Å². The minimum absolute atomic E-state index is 0.241. The first-order valence-electron chi connectivity index (χ1n) is 6.55. The number of hydrogen-bond donors (Lipinski definition) is 0. The number of aryl methyl sites for hydroxylation is 1. The minimum atomic E-state index is -0.320. The summed E-state index contributed by atoms with van der Waals surface area (Å²) in [7, 11) is 0. The molecule has 3 rings (SSSR count). The molecule has 0 radical (unpaired) electrons. The zero-order valence-electron chi connectivity index (χ0n) is 11.1. The average molecular weight is 289 g/mol. The molecule has 0 atom stereocenters. The summed E-state index contributed by atoms with van der Waals surface area (Å²) in [5.74, 6) is 0.573. The van der Waals surface area contributed by atoms with E-state index in [1.54, 1.807) is 6.07 Å². The lowest BCUT2D eigenvalue weighted by atomic mass is 10.1. The summed E-state index contributed by atoms with van der Waals surface area (Å²) in [6, 6.07) is 13.1. The van der Waals surface area contributed by atoms with Gasteiger partial charge in [0.15, 0.2) is 5.82 Å². The number of rotatable bonds is 3. The molecule has 2 aromatic carbocycles. The fourth-order valence-corrected chi connectivity index (χ4v) is 2.59. The molecule has 3 aromatic rings. The van der Waals surface area contributed by atoms with E-state index >= 15 is 0 Å². The molecule has 0 unspecified atom stereocenters. The largest absolute Gasteiger partial charge is 0.295 e. The lowest BCUT2D eigenvalue weighted by Crippen LogP contribution is -1.99. The molecule has 0 bridgehead atoms. The molecule has 0 saturated heterocycles. The van der Waals surface area contributed by atoms with Crippen molar-refractivity contribution in [2.75, 3.05) is 0 Å². The summed E-state index contributed by atoms with van der Waals surface area (Å²) in [6.07, 6.45) is 0.949. The first-order chi connectivity index (χ1) is 9.74. The van der Waals surface area contributed by atoms with Gasteiger partial charge in [-0.1, -0.05) is 25.1 Å². The Hall–Kier alpha value is -1.87. The van der Waals surface area contributed by atoms with E-state index in [9.17, 15) is 4.39 Å². The molecule has 0 aliphatic carbocycles. The third kappa shape index (κ3) is 2.08. The van der Waals surface area contributed by atoms with E-state index in [-0.39, 0.29) is 11.7 Å². The standard InChI is InChI=1S/C16H14ClFN2/c1-2-11-5-3-6-12(9-11)20-14-8-4-7-13(18)16(14)19-15(20)10-17/h3-9H,2,10H2,1H3. The monoisotopic (exact) mass is 288 g/mol. The number of alkyl halides is 1. The highest BCUT2D eigenvalue weighted by molar-refractivity contribution is 6.17. The molecule has 1 heterocycles. The van der Waals surface area contributed by atoms with Gasteiger partial charge in [-0.05, 0) is 36.2 Å². The Bertz CT molecular complexity index is 764. The number of halogens is 2. The average Bonchev–Trinajstić information content (AvgIpc) is 2.87. The van der Waals surface area contributed by atoms with Gasteiger partial charge in [0.1, 0.15) is 11.3 Å². The zero-order chi connectivity index (χ0) is 14.1. The van der Waals surface area contributed by atoms with E-state index in [1.807, 2.05) is 22.8 Å². The van der Waals surface area contributed by atoms with Crippen molar-refractivity contribution < 1.29 is 4.39 Å². The van der Waals surface area contributed by atoms with Gasteiger partial charge < -0.3 is 0 Å². The molecular weight excluding hydrogens is 275 g/mol. The minimum Gasteiger partial charge on any atom is -0.295 e. The molecule has 0 aliphatic heterocycles. The summed E-state index contributed by atoms with van der Waals surface area (Å²) in [4.78, 5) is 4.32. The number of hydrogen-bond acceptors (Lipinski definition) is 1. The van der Waals surface area contributed by atoms with Crippen molar-refractivity contribution in [1.29, 1.82) is 0 Å². The van der Waals surface area contributed by atoms with Crippen molar-refractivity contribution in [2.24, 2.45) is 0 Å². The fourth-order valence-electron chi connectivity index (χ4n) is 2.41. The molecule has 2 nitrogen and oxygen atoms in total. The molecule has 4 heteroatoms. The number of fused-ring (bicyclic) bond motifs is 1. The summed E-state index contributed by atoms with van der Waals surface area (Å²) in [5, 5.41) is 0. The molecule has 0 aliphatic rings. The molecule has 0 spiro atoms. The van der Waals surface area contributed by atoms with Gasteiger partial charge in [-0.25, -0.2) is 9.37 Å². The predicted molar refractivity (Wildman–Crippen MR) is 80.0 cm³/mol. The molecule has 0 fully saturated rings. The number of benzene rings is 2. The Morgan fingerprint density at radius 2 is 2.00 bits per heavy atom. The van der Waals surface area contributed by atoms with Crippen LogP contribution in [-0.2, 0) is 12.3 Å². The number of aromatic nitrogens is 2. The smallest absolute Gasteiger partial charge is 0.151 e. The Morgan fingerprint density at radius 1 is 1.20 bits per heavy atom. The van der Waals surface area contributed by atoms with E-state index in [1.165, 1.54) is 11.6 Å². The number of para-hydroxylation sites is 1. The van der Waals surface area contributed by atoms with E-state index in [4.69, 9.17) is 11.6 Å². The highest BCUT2D eigenvalue weighted by Gasteiger charge is 2.14. The molecule has 0 N–H and O–H groups in total.